The molecular formula is C22H21N3O3. The molecule has 0 aliphatic carbocycles. The highest BCUT2D eigenvalue weighted by Gasteiger charge is 2.26. The van der Waals surface area contributed by atoms with Crippen molar-refractivity contribution < 1.29 is 14.3 Å². The van der Waals surface area contributed by atoms with Crippen LogP contribution in [0, 0.1) is 0 Å². The maximum atomic E-state index is 13.0. The molecule has 6 heteroatoms. The van der Waals surface area contributed by atoms with Gasteiger partial charge in [-0.1, -0.05) is 18.2 Å². The van der Waals surface area contributed by atoms with Gasteiger partial charge >= 0.3 is 0 Å². The van der Waals surface area contributed by atoms with E-state index >= 15 is 0 Å². The Labute approximate surface area is 163 Å². The summed E-state index contributed by atoms with van der Waals surface area (Å²) in [5, 5.41) is 3.29. The molecule has 1 aliphatic heterocycles. The maximum Gasteiger partial charge on any atom is 0.276 e. The highest BCUT2D eigenvalue weighted by atomic mass is 16.5. The minimum Gasteiger partial charge on any atom is -0.497 e. The largest absolute Gasteiger partial charge is 0.497 e. The lowest BCUT2D eigenvalue weighted by molar-refractivity contribution is 0.0984. The maximum absolute atomic E-state index is 13.0. The first-order valence-corrected chi connectivity index (χ1v) is 9.04. The Hall–Kier alpha value is -3.54. The number of hydrogen-bond acceptors (Lipinski definition) is 5. The van der Waals surface area contributed by atoms with Crippen LogP contribution in [0.2, 0.25) is 0 Å². The first-order chi connectivity index (χ1) is 13.7. The molecular weight excluding hydrogens is 354 g/mol. The Morgan fingerprint density at radius 1 is 1.07 bits per heavy atom. The molecule has 142 valence electrons. The minimum atomic E-state index is -0.105. The van der Waals surface area contributed by atoms with Crippen LogP contribution < -0.4 is 19.7 Å². The summed E-state index contributed by atoms with van der Waals surface area (Å²) in [6.07, 6.45) is 2.49. The fourth-order valence-corrected chi connectivity index (χ4v) is 3.38. The number of nitrogens with zero attached hydrogens (tertiary/aromatic N) is 2. The van der Waals surface area contributed by atoms with Gasteiger partial charge in [-0.05, 0) is 42.3 Å². The minimum absolute atomic E-state index is 0.105. The third-order valence-electron chi connectivity index (χ3n) is 4.80. The van der Waals surface area contributed by atoms with Crippen LogP contribution in [-0.4, -0.2) is 31.7 Å². The van der Waals surface area contributed by atoms with E-state index in [1.165, 1.54) is 5.56 Å². The molecule has 0 unspecified atom stereocenters. The van der Waals surface area contributed by atoms with Crippen molar-refractivity contribution in [1.29, 1.82) is 0 Å². The van der Waals surface area contributed by atoms with Gasteiger partial charge in [-0.15, -0.1) is 0 Å². The second kappa shape index (κ2) is 7.60. The number of carbonyl (C=O) groups is 1. The molecule has 0 fully saturated rings. The first kappa shape index (κ1) is 17.9. The third-order valence-corrected chi connectivity index (χ3v) is 4.80. The van der Waals surface area contributed by atoms with E-state index in [2.05, 4.69) is 16.4 Å². The summed E-state index contributed by atoms with van der Waals surface area (Å²) in [5.41, 5.74) is 4.03. The molecule has 0 bridgehead atoms. The summed E-state index contributed by atoms with van der Waals surface area (Å²) in [6.45, 7) is 0.668. The van der Waals surface area contributed by atoms with Crippen LogP contribution in [0.5, 0.6) is 11.5 Å². The highest BCUT2D eigenvalue weighted by molar-refractivity contribution is 6.06. The quantitative estimate of drug-likeness (QED) is 0.729. The van der Waals surface area contributed by atoms with Gasteiger partial charge in [0.05, 0.1) is 19.9 Å². The lowest BCUT2D eigenvalue weighted by atomic mass is 10.2. The van der Waals surface area contributed by atoms with Crippen LogP contribution in [0.3, 0.4) is 0 Å². The Morgan fingerprint density at radius 2 is 1.93 bits per heavy atom. The molecule has 3 aromatic rings. The molecule has 0 atom stereocenters. The van der Waals surface area contributed by atoms with Crippen molar-refractivity contribution in [2.24, 2.45) is 0 Å². The Balaban J connectivity index is 1.60. The SMILES string of the molecule is COc1ccc(OC)c(Nc2ccnc(C(=O)N3CCc4ccccc43)c2)c1. The van der Waals surface area contributed by atoms with Crippen molar-refractivity contribution in [3.63, 3.8) is 0 Å². The number of pyridine rings is 1. The second-order valence-electron chi connectivity index (χ2n) is 6.46. The molecule has 2 aromatic carbocycles. The van der Waals surface area contributed by atoms with Gasteiger partial charge in [0.25, 0.3) is 5.91 Å². The molecule has 0 spiro atoms. The Morgan fingerprint density at radius 3 is 2.75 bits per heavy atom. The molecule has 6 nitrogen and oxygen atoms in total. The first-order valence-electron chi connectivity index (χ1n) is 9.04. The van der Waals surface area contributed by atoms with E-state index in [0.29, 0.717) is 23.7 Å². The van der Waals surface area contributed by atoms with Gasteiger partial charge in [0.1, 0.15) is 17.2 Å². The van der Waals surface area contributed by atoms with Gasteiger partial charge in [0, 0.05) is 30.2 Å². The summed E-state index contributed by atoms with van der Waals surface area (Å²) in [7, 11) is 3.22. The summed E-state index contributed by atoms with van der Waals surface area (Å²) >= 11 is 0. The van der Waals surface area contributed by atoms with Crippen molar-refractivity contribution in [3.8, 4) is 11.5 Å². The zero-order chi connectivity index (χ0) is 19.5. The lowest BCUT2D eigenvalue weighted by Gasteiger charge is -2.17. The van der Waals surface area contributed by atoms with Crippen molar-refractivity contribution in [2.45, 2.75) is 6.42 Å². The number of carbonyl (C=O) groups excluding carboxylic acids is 1. The van der Waals surface area contributed by atoms with Gasteiger partial charge < -0.3 is 19.7 Å². The molecule has 0 radical (unpaired) electrons. The van der Waals surface area contributed by atoms with E-state index in [1.807, 2.05) is 42.5 Å². The Bertz CT molecular complexity index is 1020. The van der Waals surface area contributed by atoms with E-state index in [-0.39, 0.29) is 5.91 Å². The number of para-hydroxylation sites is 1. The molecule has 1 aliphatic rings. The smallest absolute Gasteiger partial charge is 0.276 e. The standard InChI is InChI=1S/C22H21N3O3/c1-27-17-7-8-21(28-2)18(14-17)24-16-9-11-23-19(13-16)22(26)25-12-10-15-5-3-4-6-20(15)25/h3-9,11,13-14H,10,12H2,1-2H3,(H,23,24). The normalized spacial score (nSPS) is 12.4. The van der Waals surface area contributed by atoms with Crippen LogP contribution in [0.4, 0.5) is 17.1 Å². The average Bonchev–Trinajstić information content (AvgIpc) is 3.17. The van der Waals surface area contributed by atoms with E-state index in [1.54, 1.807) is 31.4 Å². The molecule has 1 amide bonds. The number of nitrogens with one attached hydrogen (secondary N) is 1. The van der Waals surface area contributed by atoms with E-state index in [0.717, 1.165) is 23.5 Å². The molecule has 1 N–H and O–H groups in total. The average molecular weight is 375 g/mol. The van der Waals surface area contributed by atoms with Gasteiger partial charge in [0.15, 0.2) is 0 Å². The molecule has 0 saturated carbocycles. The van der Waals surface area contributed by atoms with Crippen molar-refractivity contribution in [2.75, 3.05) is 31.0 Å². The molecule has 4 rings (SSSR count). The van der Waals surface area contributed by atoms with E-state index < -0.39 is 0 Å². The topological polar surface area (TPSA) is 63.7 Å². The fourth-order valence-electron chi connectivity index (χ4n) is 3.38. The van der Waals surface area contributed by atoms with Crippen molar-refractivity contribution in [3.05, 3.63) is 72.1 Å². The van der Waals surface area contributed by atoms with Crippen LogP contribution in [0.1, 0.15) is 16.1 Å². The number of fused-ring (bicyclic) bond motifs is 1. The fraction of sp³-hybridized carbons (Fsp3) is 0.182. The second-order valence-corrected chi connectivity index (χ2v) is 6.46. The number of rotatable bonds is 5. The number of methoxy groups -OCH3 is 2. The summed E-state index contributed by atoms with van der Waals surface area (Å²) in [6, 6.07) is 17.0. The van der Waals surface area contributed by atoms with Crippen molar-refractivity contribution >= 4 is 23.0 Å². The van der Waals surface area contributed by atoms with Gasteiger partial charge in [0.2, 0.25) is 0 Å². The summed E-state index contributed by atoms with van der Waals surface area (Å²) in [4.78, 5) is 19.1. The molecule has 0 saturated heterocycles. The predicted molar refractivity (Wildman–Crippen MR) is 109 cm³/mol. The zero-order valence-corrected chi connectivity index (χ0v) is 15.8. The summed E-state index contributed by atoms with van der Waals surface area (Å²) in [5.74, 6) is 1.28. The van der Waals surface area contributed by atoms with Gasteiger partial charge in [-0.3, -0.25) is 9.78 Å². The van der Waals surface area contributed by atoms with Crippen LogP contribution in [-0.2, 0) is 6.42 Å². The zero-order valence-electron chi connectivity index (χ0n) is 15.8. The molecule has 1 aromatic heterocycles. The van der Waals surface area contributed by atoms with Crippen LogP contribution >= 0.6 is 0 Å². The number of ether oxygens (including phenoxy) is 2. The number of amides is 1. The van der Waals surface area contributed by atoms with Crippen molar-refractivity contribution in [1.82, 2.24) is 4.98 Å². The monoisotopic (exact) mass is 375 g/mol. The lowest BCUT2D eigenvalue weighted by Crippen LogP contribution is -2.29. The van der Waals surface area contributed by atoms with E-state index in [9.17, 15) is 4.79 Å². The number of aromatic nitrogens is 1. The molecule has 28 heavy (non-hydrogen) atoms. The molecule has 2 heterocycles. The predicted octanol–water partition coefficient (Wildman–Crippen LogP) is 4.05. The van der Waals surface area contributed by atoms with E-state index in [4.69, 9.17) is 9.47 Å². The Kier molecular flexibility index (Phi) is 4.85. The van der Waals surface area contributed by atoms with Gasteiger partial charge in [-0.2, -0.15) is 0 Å². The highest BCUT2D eigenvalue weighted by Crippen LogP contribution is 2.32. The van der Waals surface area contributed by atoms with Crippen LogP contribution in [0.15, 0.2) is 60.8 Å². The number of hydrogen-bond donors (Lipinski definition) is 1. The third kappa shape index (κ3) is 3.36. The van der Waals surface area contributed by atoms with Gasteiger partial charge in [-0.25, -0.2) is 0 Å². The number of benzene rings is 2. The summed E-state index contributed by atoms with van der Waals surface area (Å²) < 4.78 is 10.7. The van der Waals surface area contributed by atoms with Crippen LogP contribution in [0.25, 0.3) is 0 Å². The number of anilines is 3.